The number of nitrogens with one attached hydrogen (secondary N) is 1. The van der Waals surface area contributed by atoms with Crippen LogP contribution in [0.5, 0.6) is 0 Å². The Morgan fingerprint density at radius 1 is 1.08 bits per heavy atom. The summed E-state index contributed by atoms with van der Waals surface area (Å²) >= 11 is 6.31. The summed E-state index contributed by atoms with van der Waals surface area (Å²) in [7, 11) is 0. The van der Waals surface area contributed by atoms with Gasteiger partial charge in [0.15, 0.2) is 0 Å². The SMILES string of the molecule is C\C=C/C=C(\C(Cl)=C/C)N1CCN(CCC(=O)NC2CCN(c3ccc(SC(F)(F)F)cc3)CC2)CC1. The minimum absolute atomic E-state index is 0.0695. The molecule has 0 spiro atoms. The molecule has 1 aromatic carbocycles. The fraction of sp³-hybridized carbons (Fsp3) is 0.519. The number of benzene rings is 1. The summed E-state index contributed by atoms with van der Waals surface area (Å²) in [5, 5.41) is 3.91. The Kier molecular flexibility index (Phi) is 11.3. The largest absolute Gasteiger partial charge is 0.446 e. The molecule has 0 aliphatic carbocycles. The third-order valence-corrected chi connectivity index (χ3v) is 7.76. The highest BCUT2D eigenvalue weighted by Gasteiger charge is 2.29. The van der Waals surface area contributed by atoms with Crippen LogP contribution in [0, 0.1) is 0 Å². The highest BCUT2D eigenvalue weighted by atomic mass is 35.5. The van der Waals surface area contributed by atoms with E-state index in [9.17, 15) is 18.0 Å². The Hall–Kier alpha value is -2.10. The van der Waals surface area contributed by atoms with Gasteiger partial charge in [-0.1, -0.05) is 29.8 Å². The molecule has 3 rings (SSSR count). The molecule has 2 aliphatic heterocycles. The van der Waals surface area contributed by atoms with Gasteiger partial charge in [0.05, 0.1) is 10.7 Å². The van der Waals surface area contributed by atoms with Crippen molar-refractivity contribution in [2.24, 2.45) is 0 Å². The molecule has 2 fully saturated rings. The molecule has 0 unspecified atom stereocenters. The number of anilines is 1. The van der Waals surface area contributed by atoms with Crippen LogP contribution in [0.1, 0.15) is 33.1 Å². The molecule has 2 saturated heterocycles. The zero-order valence-corrected chi connectivity index (χ0v) is 23.0. The molecule has 2 heterocycles. The monoisotopic (exact) mass is 556 g/mol. The van der Waals surface area contributed by atoms with E-state index in [0.29, 0.717) is 6.42 Å². The van der Waals surface area contributed by atoms with Crippen molar-refractivity contribution >= 4 is 35.0 Å². The molecule has 2 aliphatic rings. The fourth-order valence-electron chi connectivity index (χ4n) is 4.58. The van der Waals surface area contributed by atoms with Crippen LogP contribution < -0.4 is 10.2 Å². The predicted molar refractivity (Wildman–Crippen MR) is 147 cm³/mol. The highest BCUT2D eigenvalue weighted by molar-refractivity contribution is 8.00. The van der Waals surface area contributed by atoms with Crippen molar-refractivity contribution in [3.8, 4) is 0 Å². The van der Waals surface area contributed by atoms with Gasteiger partial charge in [0.2, 0.25) is 5.91 Å². The van der Waals surface area contributed by atoms with E-state index in [4.69, 9.17) is 11.6 Å². The summed E-state index contributed by atoms with van der Waals surface area (Å²) in [4.78, 5) is 19.5. The van der Waals surface area contributed by atoms with E-state index < -0.39 is 5.51 Å². The summed E-state index contributed by atoms with van der Waals surface area (Å²) in [6.07, 6.45) is 10.0. The van der Waals surface area contributed by atoms with Gasteiger partial charge < -0.3 is 15.1 Å². The number of amides is 1. The van der Waals surface area contributed by atoms with Crippen LogP contribution in [-0.4, -0.2) is 73.1 Å². The van der Waals surface area contributed by atoms with Gasteiger partial charge >= 0.3 is 5.51 Å². The van der Waals surface area contributed by atoms with E-state index in [1.54, 1.807) is 12.1 Å². The van der Waals surface area contributed by atoms with E-state index in [2.05, 4.69) is 20.0 Å². The number of allylic oxidation sites excluding steroid dienone is 5. The summed E-state index contributed by atoms with van der Waals surface area (Å²) in [6, 6.07) is 6.62. The maximum absolute atomic E-state index is 12.6. The Bertz CT molecular complexity index is 965. The first kappa shape index (κ1) is 29.5. The molecule has 0 atom stereocenters. The van der Waals surface area contributed by atoms with Gasteiger partial charge in [0.1, 0.15) is 0 Å². The van der Waals surface area contributed by atoms with Crippen molar-refractivity contribution in [3.63, 3.8) is 0 Å². The normalized spacial score (nSPS) is 19.1. The lowest BCUT2D eigenvalue weighted by atomic mass is 10.0. The molecule has 0 saturated carbocycles. The second-order valence-corrected chi connectivity index (χ2v) is 10.7. The van der Waals surface area contributed by atoms with Gasteiger partial charge in [0.25, 0.3) is 0 Å². The molecule has 10 heteroatoms. The average molecular weight is 557 g/mol. The number of alkyl halides is 3. The summed E-state index contributed by atoms with van der Waals surface area (Å²) in [6.45, 7) is 9.65. The van der Waals surface area contributed by atoms with Crippen LogP contribution in [0.2, 0.25) is 0 Å². The van der Waals surface area contributed by atoms with Gasteiger partial charge in [-0.3, -0.25) is 9.69 Å². The minimum atomic E-state index is -4.28. The molecule has 1 aromatic rings. The number of hydrogen-bond donors (Lipinski definition) is 1. The van der Waals surface area contributed by atoms with Crippen LogP contribution in [0.4, 0.5) is 18.9 Å². The molecule has 5 nitrogen and oxygen atoms in total. The van der Waals surface area contributed by atoms with Crippen molar-refractivity contribution in [2.75, 3.05) is 50.7 Å². The van der Waals surface area contributed by atoms with Crippen LogP contribution in [0.15, 0.2) is 64.2 Å². The van der Waals surface area contributed by atoms with Crippen molar-refractivity contribution in [1.29, 1.82) is 0 Å². The first-order valence-corrected chi connectivity index (χ1v) is 13.9. The van der Waals surface area contributed by atoms with Gasteiger partial charge in [-0.05, 0) is 68.8 Å². The molecular formula is C27H36ClF3N4OS. The number of hydrogen-bond acceptors (Lipinski definition) is 5. The minimum Gasteiger partial charge on any atom is -0.371 e. The molecule has 0 aromatic heterocycles. The van der Waals surface area contributed by atoms with E-state index in [1.165, 1.54) is 12.1 Å². The molecule has 0 bridgehead atoms. The topological polar surface area (TPSA) is 38.8 Å². The lowest BCUT2D eigenvalue weighted by Crippen LogP contribution is -2.48. The maximum Gasteiger partial charge on any atom is 0.446 e. The van der Waals surface area contributed by atoms with Crippen molar-refractivity contribution < 1.29 is 18.0 Å². The third-order valence-electron chi connectivity index (χ3n) is 6.61. The van der Waals surface area contributed by atoms with E-state index in [1.807, 2.05) is 38.2 Å². The number of halogens is 4. The number of carbonyl (C=O) groups excluding carboxylic acids is 1. The quantitative estimate of drug-likeness (QED) is 0.299. The van der Waals surface area contributed by atoms with Crippen LogP contribution in [0.3, 0.4) is 0 Å². The smallest absolute Gasteiger partial charge is 0.371 e. The van der Waals surface area contributed by atoms with E-state index in [-0.39, 0.29) is 28.6 Å². The number of rotatable bonds is 9. The van der Waals surface area contributed by atoms with Gasteiger partial charge in [-0.25, -0.2) is 0 Å². The maximum atomic E-state index is 12.6. The Morgan fingerprint density at radius 3 is 2.30 bits per heavy atom. The van der Waals surface area contributed by atoms with Crippen molar-refractivity contribution in [1.82, 2.24) is 15.1 Å². The Labute approximate surface area is 227 Å². The fourth-order valence-corrected chi connectivity index (χ4v) is 5.31. The highest BCUT2D eigenvalue weighted by Crippen LogP contribution is 2.37. The molecular weight excluding hydrogens is 521 g/mol. The van der Waals surface area contributed by atoms with Crippen LogP contribution in [0.25, 0.3) is 0 Å². The summed E-state index contributed by atoms with van der Waals surface area (Å²) in [5.74, 6) is 0.0695. The van der Waals surface area contributed by atoms with Crippen LogP contribution in [-0.2, 0) is 4.79 Å². The number of piperidine rings is 1. The van der Waals surface area contributed by atoms with Gasteiger partial charge in [-0.15, -0.1) is 0 Å². The lowest BCUT2D eigenvalue weighted by molar-refractivity contribution is -0.122. The van der Waals surface area contributed by atoms with Gasteiger partial charge in [0, 0.05) is 68.9 Å². The second kappa shape index (κ2) is 14.2. The van der Waals surface area contributed by atoms with Gasteiger partial charge in [-0.2, -0.15) is 13.2 Å². The van der Waals surface area contributed by atoms with Crippen molar-refractivity contribution in [2.45, 2.75) is 49.6 Å². The zero-order chi connectivity index (χ0) is 26.8. The molecule has 1 N–H and O–H groups in total. The Morgan fingerprint density at radius 2 is 1.73 bits per heavy atom. The molecule has 37 heavy (non-hydrogen) atoms. The predicted octanol–water partition coefficient (Wildman–Crippen LogP) is 5.99. The lowest BCUT2D eigenvalue weighted by Gasteiger charge is -2.37. The average Bonchev–Trinajstić information content (AvgIpc) is 2.88. The molecule has 1 amide bonds. The summed E-state index contributed by atoms with van der Waals surface area (Å²) in [5.41, 5.74) is -2.34. The first-order valence-electron chi connectivity index (χ1n) is 12.7. The van der Waals surface area contributed by atoms with E-state index in [0.717, 1.165) is 75.1 Å². The van der Waals surface area contributed by atoms with Crippen molar-refractivity contribution in [3.05, 3.63) is 59.3 Å². The number of nitrogens with zero attached hydrogens (tertiary/aromatic N) is 3. The Balaban J connectivity index is 1.37. The third kappa shape index (κ3) is 9.61. The standard InChI is InChI=1S/C27H36ClF3N4OS/c1-3-5-6-25(24(28)4-2)35-19-17-33(18-20-35)14-13-26(36)32-21-11-15-34(16-12-21)22-7-9-23(10-8-22)37-27(29,30)31/h3-10,21H,11-20H2,1-2H3,(H,32,36)/b5-3-,24-4+,25-6+. The number of piperazine rings is 1. The number of carbonyl (C=O) groups is 1. The van der Waals surface area contributed by atoms with E-state index >= 15 is 0 Å². The van der Waals surface area contributed by atoms with Crippen LogP contribution >= 0.6 is 23.4 Å². The second-order valence-electron chi connectivity index (χ2n) is 9.16. The zero-order valence-electron chi connectivity index (χ0n) is 21.4. The summed E-state index contributed by atoms with van der Waals surface area (Å²) < 4.78 is 37.6. The number of thioether (sulfide) groups is 1. The molecule has 0 radical (unpaired) electrons. The first-order chi connectivity index (χ1) is 17.7. The molecule has 204 valence electrons.